The molecule has 0 aliphatic carbocycles. The maximum absolute atomic E-state index is 12.9. The maximum Gasteiger partial charge on any atom is 0.274 e. The van der Waals surface area contributed by atoms with Crippen molar-refractivity contribution in [2.24, 2.45) is 0 Å². The predicted octanol–water partition coefficient (Wildman–Crippen LogP) is 2.51. The molecular weight excluding hydrogens is 416 g/mol. The van der Waals surface area contributed by atoms with E-state index in [0.29, 0.717) is 24.7 Å². The van der Waals surface area contributed by atoms with Crippen LogP contribution >= 0.6 is 11.3 Å². The van der Waals surface area contributed by atoms with Crippen molar-refractivity contribution < 1.29 is 19.0 Å². The van der Waals surface area contributed by atoms with Crippen LogP contribution in [0.15, 0.2) is 42.5 Å². The van der Waals surface area contributed by atoms with E-state index in [1.807, 2.05) is 47.4 Å². The van der Waals surface area contributed by atoms with Crippen molar-refractivity contribution in [1.29, 1.82) is 0 Å². The molecule has 3 heterocycles. The van der Waals surface area contributed by atoms with Crippen LogP contribution in [0.25, 0.3) is 10.2 Å². The Morgan fingerprint density at radius 2 is 1.97 bits per heavy atom. The lowest BCUT2D eigenvalue weighted by Crippen LogP contribution is -2.60. The number of hydrogen-bond acceptors (Lipinski definition) is 8. The number of hydrogen-bond donors (Lipinski definition) is 2. The Morgan fingerprint density at radius 1 is 1.13 bits per heavy atom. The van der Waals surface area contributed by atoms with Gasteiger partial charge in [-0.25, -0.2) is 15.8 Å². The number of amides is 1. The summed E-state index contributed by atoms with van der Waals surface area (Å²) >= 11 is 1.53. The first-order valence-corrected chi connectivity index (χ1v) is 11.0. The van der Waals surface area contributed by atoms with Crippen LogP contribution in [0.4, 0.5) is 0 Å². The summed E-state index contributed by atoms with van der Waals surface area (Å²) in [6.07, 6.45) is 0.607. The minimum atomic E-state index is -0.302. The highest BCUT2D eigenvalue weighted by Gasteiger charge is 2.40. The second-order valence-corrected chi connectivity index (χ2v) is 8.66. The highest BCUT2D eigenvalue weighted by atomic mass is 32.1. The number of ether oxygens (including phenoxy) is 3. The lowest BCUT2D eigenvalue weighted by molar-refractivity contribution is -0.142. The molecule has 2 aliphatic heterocycles. The van der Waals surface area contributed by atoms with Gasteiger partial charge >= 0.3 is 0 Å². The van der Waals surface area contributed by atoms with E-state index in [2.05, 4.69) is 15.8 Å². The van der Waals surface area contributed by atoms with Crippen molar-refractivity contribution in [2.45, 2.75) is 24.6 Å². The zero-order chi connectivity index (χ0) is 21.4. The average Bonchev–Trinajstić information content (AvgIpc) is 3.42. The first-order valence-electron chi connectivity index (χ1n) is 10.2. The fourth-order valence-electron chi connectivity index (χ4n) is 3.99. The summed E-state index contributed by atoms with van der Waals surface area (Å²) in [5.41, 5.74) is 8.27. The minimum absolute atomic E-state index is 0.0202. The monoisotopic (exact) mass is 440 g/mol. The first-order chi connectivity index (χ1) is 15.1. The quantitative estimate of drug-likeness (QED) is 0.609. The number of para-hydroxylation sites is 1. The first kappa shape index (κ1) is 20.0. The molecule has 2 fully saturated rings. The van der Waals surface area contributed by atoms with Crippen LogP contribution in [-0.4, -0.2) is 55.2 Å². The third kappa shape index (κ3) is 3.91. The third-order valence-electron chi connectivity index (χ3n) is 5.72. The minimum Gasteiger partial charge on any atom is -0.497 e. The van der Waals surface area contributed by atoms with Gasteiger partial charge in [-0.1, -0.05) is 23.5 Å². The Bertz CT molecular complexity index is 1070. The summed E-state index contributed by atoms with van der Waals surface area (Å²) in [5.74, 6) is 1.59. The second-order valence-electron chi connectivity index (χ2n) is 7.67. The molecule has 3 aromatic rings. The van der Waals surface area contributed by atoms with Crippen LogP contribution in [-0.2, 0) is 4.79 Å². The number of aromatic nitrogens is 1. The number of fused-ring (bicyclic) bond motifs is 1. The van der Waals surface area contributed by atoms with Crippen LogP contribution in [0, 0.1) is 0 Å². The Hall–Kier alpha value is -2.88. The van der Waals surface area contributed by atoms with E-state index in [1.165, 1.54) is 11.3 Å². The molecule has 2 saturated heterocycles. The van der Waals surface area contributed by atoms with Gasteiger partial charge in [-0.15, -0.1) is 0 Å². The van der Waals surface area contributed by atoms with E-state index < -0.39 is 0 Å². The maximum atomic E-state index is 12.9. The molecule has 9 heteroatoms. The predicted molar refractivity (Wildman–Crippen MR) is 118 cm³/mol. The van der Waals surface area contributed by atoms with Gasteiger partial charge in [-0.05, 0) is 36.8 Å². The van der Waals surface area contributed by atoms with Gasteiger partial charge in [0.1, 0.15) is 23.6 Å². The van der Waals surface area contributed by atoms with E-state index in [-0.39, 0.29) is 24.1 Å². The molecule has 2 unspecified atom stereocenters. The number of nitrogens with one attached hydrogen (secondary N) is 2. The van der Waals surface area contributed by atoms with Gasteiger partial charge in [0.05, 0.1) is 43.6 Å². The zero-order valence-electron chi connectivity index (χ0n) is 17.3. The van der Waals surface area contributed by atoms with E-state index in [4.69, 9.17) is 14.2 Å². The number of nitrogens with zero attached hydrogens (tertiary/aromatic N) is 2. The molecule has 162 valence electrons. The normalized spacial score (nSPS) is 21.2. The molecule has 2 N–H and O–H groups in total. The van der Waals surface area contributed by atoms with Gasteiger partial charge < -0.3 is 19.1 Å². The topological polar surface area (TPSA) is 85.0 Å². The van der Waals surface area contributed by atoms with Crippen LogP contribution < -0.4 is 25.1 Å². The van der Waals surface area contributed by atoms with Crippen LogP contribution in [0.5, 0.6) is 16.7 Å². The van der Waals surface area contributed by atoms with Crippen molar-refractivity contribution in [3.05, 3.63) is 48.0 Å². The van der Waals surface area contributed by atoms with E-state index >= 15 is 0 Å². The number of hydrazine groups is 1. The van der Waals surface area contributed by atoms with E-state index in [9.17, 15) is 4.79 Å². The molecule has 2 aliphatic rings. The summed E-state index contributed by atoms with van der Waals surface area (Å²) in [7, 11) is 3.27. The van der Waals surface area contributed by atoms with Crippen LogP contribution in [0.3, 0.4) is 0 Å². The van der Waals surface area contributed by atoms with Crippen LogP contribution in [0.2, 0.25) is 0 Å². The molecule has 0 bridgehead atoms. The molecule has 8 nitrogen and oxygen atoms in total. The number of thiazole rings is 1. The molecule has 1 amide bonds. The van der Waals surface area contributed by atoms with Crippen molar-refractivity contribution in [1.82, 2.24) is 20.7 Å². The summed E-state index contributed by atoms with van der Waals surface area (Å²) in [6, 6.07) is 13.3. The van der Waals surface area contributed by atoms with Crippen LogP contribution in [0.1, 0.15) is 18.0 Å². The smallest absolute Gasteiger partial charge is 0.274 e. The van der Waals surface area contributed by atoms with Crippen molar-refractivity contribution >= 4 is 27.5 Å². The van der Waals surface area contributed by atoms with Gasteiger partial charge in [0.15, 0.2) is 0 Å². The number of carbonyl (C=O) groups is 1. The Balaban J connectivity index is 1.17. The molecule has 0 spiro atoms. The molecule has 2 atom stereocenters. The highest BCUT2D eigenvalue weighted by molar-refractivity contribution is 7.20. The summed E-state index contributed by atoms with van der Waals surface area (Å²) in [5, 5.41) is 0.657. The van der Waals surface area contributed by atoms with E-state index in [0.717, 1.165) is 27.3 Å². The fourth-order valence-corrected chi connectivity index (χ4v) is 4.87. The largest absolute Gasteiger partial charge is 0.497 e. The molecule has 5 rings (SSSR count). The number of benzene rings is 2. The molecule has 0 saturated carbocycles. The zero-order valence-corrected chi connectivity index (χ0v) is 18.1. The van der Waals surface area contributed by atoms with Crippen molar-refractivity contribution in [3.8, 4) is 16.7 Å². The average molecular weight is 441 g/mol. The highest BCUT2D eigenvalue weighted by Crippen LogP contribution is 2.34. The SMILES string of the molecule is COc1ccc(OC)c(C2CC(C(=O)N3CC(Oc4nc5ccccc5s4)C3)NN2)c1. The van der Waals surface area contributed by atoms with Crippen molar-refractivity contribution in [3.63, 3.8) is 0 Å². The summed E-state index contributed by atoms with van der Waals surface area (Å²) < 4.78 is 17.9. The molecule has 31 heavy (non-hydrogen) atoms. The van der Waals surface area contributed by atoms with Gasteiger partial charge in [-0.2, -0.15) is 0 Å². The third-order valence-corrected chi connectivity index (χ3v) is 6.64. The van der Waals surface area contributed by atoms with E-state index in [1.54, 1.807) is 14.2 Å². The fraction of sp³-hybridized carbons (Fsp3) is 0.364. The molecule has 0 radical (unpaired) electrons. The Morgan fingerprint density at radius 3 is 2.74 bits per heavy atom. The van der Waals surface area contributed by atoms with Gasteiger partial charge in [0, 0.05) is 5.56 Å². The lowest BCUT2D eigenvalue weighted by atomic mass is 9.99. The Labute approximate surface area is 184 Å². The molecule has 1 aromatic heterocycles. The Kier molecular flexibility index (Phi) is 5.39. The summed E-state index contributed by atoms with van der Waals surface area (Å²) in [4.78, 5) is 19.2. The van der Waals surface area contributed by atoms with Gasteiger partial charge in [0.25, 0.3) is 5.19 Å². The standard InChI is InChI=1S/C22H24N4O4S/c1-28-13-7-8-19(29-2)15(9-13)17-10-18(25-24-17)21(27)26-11-14(12-26)30-22-23-16-5-3-4-6-20(16)31-22/h3-9,14,17-18,24-25H,10-12H2,1-2H3. The lowest BCUT2D eigenvalue weighted by Gasteiger charge is -2.39. The second kappa shape index (κ2) is 8.33. The number of likely N-dealkylation sites (tertiary alicyclic amines) is 1. The van der Waals surface area contributed by atoms with Gasteiger partial charge in [0.2, 0.25) is 5.91 Å². The summed E-state index contributed by atoms with van der Waals surface area (Å²) in [6.45, 7) is 1.14. The van der Waals surface area contributed by atoms with Crippen molar-refractivity contribution in [2.75, 3.05) is 27.3 Å². The number of rotatable bonds is 6. The molecular formula is C22H24N4O4S. The number of methoxy groups -OCH3 is 2. The van der Waals surface area contributed by atoms with Gasteiger partial charge in [-0.3, -0.25) is 4.79 Å². The number of carbonyl (C=O) groups excluding carboxylic acids is 1. The molecule has 2 aromatic carbocycles.